The van der Waals surface area contributed by atoms with Crippen molar-refractivity contribution in [3.8, 4) is 0 Å². The summed E-state index contributed by atoms with van der Waals surface area (Å²) in [5, 5.41) is 14.3. The van der Waals surface area contributed by atoms with Crippen molar-refractivity contribution in [2.24, 2.45) is 0 Å². The van der Waals surface area contributed by atoms with Crippen LogP contribution in [0.3, 0.4) is 0 Å². The topological polar surface area (TPSA) is 68.3 Å². The highest BCUT2D eigenvalue weighted by Gasteiger charge is 2.18. The van der Waals surface area contributed by atoms with Gasteiger partial charge < -0.3 is 9.52 Å². The molecule has 0 aliphatic rings. The van der Waals surface area contributed by atoms with E-state index in [4.69, 9.17) is 9.52 Å². The molecule has 2 heterocycles. The van der Waals surface area contributed by atoms with Gasteiger partial charge in [-0.25, -0.2) is 9.48 Å². The third kappa shape index (κ3) is 2.44. The lowest BCUT2D eigenvalue weighted by Crippen LogP contribution is -2.12. The molecule has 0 spiro atoms. The van der Waals surface area contributed by atoms with Crippen LogP contribution in [0.5, 0.6) is 0 Å². The number of hydrogen-bond acceptors (Lipinski definition) is 4. The second-order valence-electron chi connectivity index (χ2n) is 5.37. The number of aryl methyl sites for hydroxylation is 2. The van der Waals surface area contributed by atoms with E-state index in [0.29, 0.717) is 24.2 Å². The molecule has 3 rings (SSSR count). The van der Waals surface area contributed by atoms with Gasteiger partial charge in [0.05, 0.1) is 24.2 Å². The first-order chi connectivity index (χ1) is 10.6. The monoisotopic (exact) mass is 298 g/mol. The van der Waals surface area contributed by atoms with Gasteiger partial charge in [0.1, 0.15) is 0 Å². The minimum absolute atomic E-state index is 0.0508. The Balaban J connectivity index is 2.16. The number of benzene rings is 1. The largest absolute Gasteiger partial charge is 0.404 e. The van der Waals surface area contributed by atoms with Gasteiger partial charge in [0.25, 0.3) is 0 Å². The van der Waals surface area contributed by atoms with E-state index in [2.05, 4.69) is 5.10 Å². The zero-order valence-corrected chi connectivity index (χ0v) is 12.7. The molecule has 114 valence electrons. The summed E-state index contributed by atoms with van der Waals surface area (Å²) >= 11 is 0. The first-order valence-corrected chi connectivity index (χ1v) is 7.26. The van der Waals surface area contributed by atoms with E-state index in [-0.39, 0.29) is 12.2 Å². The normalized spacial score (nSPS) is 11.2. The maximum atomic E-state index is 12.4. The van der Waals surface area contributed by atoms with Crippen LogP contribution in [-0.4, -0.2) is 21.5 Å². The molecule has 0 saturated heterocycles. The Labute approximate surface area is 127 Å². The maximum absolute atomic E-state index is 12.4. The first kappa shape index (κ1) is 14.5. The molecule has 0 aliphatic carbocycles. The van der Waals surface area contributed by atoms with Gasteiger partial charge >= 0.3 is 5.63 Å². The van der Waals surface area contributed by atoms with Crippen LogP contribution >= 0.6 is 0 Å². The number of hydrogen-bond donors (Lipinski definition) is 1. The Bertz CT molecular complexity index is 863. The fraction of sp³-hybridized carbons (Fsp3) is 0.294. The van der Waals surface area contributed by atoms with Gasteiger partial charge in [-0.15, -0.1) is 0 Å². The predicted molar refractivity (Wildman–Crippen MR) is 84.1 cm³/mol. The van der Waals surface area contributed by atoms with E-state index in [9.17, 15) is 4.79 Å². The smallest absolute Gasteiger partial charge is 0.341 e. The predicted octanol–water partition coefficient (Wildman–Crippen LogP) is 2.19. The van der Waals surface area contributed by atoms with Crippen molar-refractivity contribution < 1.29 is 9.52 Å². The Hall–Kier alpha value is -2.40. The van der Waals surface area contributed by atoms with Crippen LogP contribution in [0.4, 0.5) is 0 Å². The van der Waals surface area contributed by atoms with E-state index in [1.54, 1.807) is 4.68 Å². The number of fused-ring (bicyclic) bond motifs is 1. The SMILES string of the molecule is Cc1nn(CCO)c2oc(=O)c(Cc3ccccc3)c(C)c12. The third-order valence-electron chi connectivity index (χ3n) is 3.88. The summed E-state index contributed by atoms with van der Waals surface area (Å²) in [4.78, 5) is 12.4. The Kier molecular flexibility index (Phi) is 3.81. The average molecular weight is 298 g/mol. The van der Waals surface area contributed by atoms with Gasteiger partial charge in [-0.1, -0.05) is 30.3 Å². The molecular formula is C17H18N2O3. The Morgan fingerprint density at radius 1 is 1.23 bits per heavy atom. The number of aromatic nitrogens is 2. The summed E-state index contributed by atoms with van der Waals surface area (Å²) in [6, 6.07) is 9.84. The molecular weight excluding hydrogens is 280 g/mol. The van der Waals surface area contributed by atoms with Gasteiger partial charge in [-0.2, -0.15) is 5.10 Å². The number of rotatable bonds is 4. The van der Waals surface area contributed by atoms with Crippen molar-refractivity contribution in [2.45, 2.75) is 26.8 Å². The van der Waals surface area contributed by atoms with Crippen LogP contribution in [0.25, 0.3) is 11.1 Å². The van der Waals surface area contributed by atoms with E-state index in [1.807, 2.05) is 44.2 Å². The third-order valence-corrected chi connectivity index (χ3v) is 3.88. The van der Waals surface area contributed by atoms with Gasteiger partial charge in [0, 0.05) is 12.0 Å². The molecule has 5 nitrogen and oxygen atoms in total. The minimum Gasteiger partial charge on any atom is -0.404 e. The molecule has 0 aliphatic heterocycles. The molecule has 2 aromatic heterocycles. The fourth-order valence-corrected chi connectivity index (χ4v) is 2.80. The van der Waals surface area contributed by atoms with E-state index in [0.717, 1.165) is 22.2 Å². The zero-order valence-electron chi connectivity index (χ0n) is 12.7. The first-order valence-electron chi connectivity index (χ1n) is 7.26. The number of aliphatic hydroxyl groups excluding tert-OH is 1. The molecule has 22 heavy (non-hydrogen) atoms. The van der Waals surface area contributed by atoms with Gasteiger partial charge in [0.15, 0.2) is 0 Å². The summed E-state index contributed by atoms with van der Waals surface area (Å²) in [6.07, 6.45) is 0.537. The lowest BCUT2D eigenvalue weighted by Gasteiger charge is -2.06. The van der Waals surface area contributed by atoms with Crippen LogP contribution in [0.15, 0.2) is 39.5 Å². The highest BCUT2D eigenvalue weighted by molar-refractivity contribution is 5.81. The number of nitrogens with zero attached hydrogens (tertiary/aromatic N) is 2. The van der Waals surface area contributed by atoms with Crippen LogP contribution in [-0.2, 0) is 13.0 Å². The number of aliphatic hydroxyl groups is 1. The van der Waals surface area contributed by atoms with E-state index >= 15 is 0 Å². The molecule has 0 unspecified atom stereocenters. The van der Waals surface area contributed by atoms with Crippen LogP contribution < -0.4 is 5.63 Å². The van der Waals surface area contributed by atoms with Gasteiger partial charge in [0.2, 0.25) is 5.71 Å². The molecule has 0 bridgehead atoms. The summed E-state index contributed by atoms with van der Waals surface area (Å²) in [7, 11) is 0. The summed E-state index contributed by atoms with van der Waals surface area (Å²) in [5.74, 6) is 0. The molecule has 0 saturated carbocycles. The Morgan fingerprint density at radius 3 is 2.64 bits per heavy atom. The van der Waals surface area contributed by atoms with Crippen molar-refractivity contribution in [3.63, 3.8) is 0 Å². The van der Waals surface area contributed by atoms with E-state index in [1.165, 1.54) is 0 Å². The van der Waals surface area contributed by atoms with E-state index < -0.39 is 0 Å². The van der Waals surface area contributed by atoms with Crippen molar-refractivity contribution in [1.29, 1.82) is 0 Å². The highest BCUT2D eigenvalue weighted by Crippen LogP contribution is 2.24. The van der Waals surface area contributed by atoms with Gasteiger partial charge in [-0.05, 0) is 25.0 Å². The van der Waals surface area contributed by atoms with Crippen molar-refractivity contribution in [2.75, 3.05) is 6.61 Å². The molecule has 1 aromatic carbocycles. The van der Waals surface area contributed by atoms with Crippen LogP contribution in [0.2, 0.25) is 0 Å². The highest BCUT2D eigenvalue weighted by atomic mass is 16.4. The molecule has 5 heteroatoms. The van der Waals surface area contributed by atoms with Crippen LogP contribution in [0.1, 0.15) is 22.4 Å². The van der Waals surface area contributed by atoms with Crippen LogP contribution in [0, 0.1) is 13.8 Å². The van der Waals surface area contributed by atoms with Crippen molar-refractivity contribution >= 4 is 11.1 Å². The van der Waals surface area contributed by atoms with Crippen molar-refractivity contribution in [3.05, 3.63) is 63.1 Å². The zero-order chi connectivity index (χ0) is 15.7. The lowest BCUT2D eigenvalue weighted by atomic mass is 10.0. The molecule has 0 amide bonds. The maximum Gasteiger partial charge on any atom is 0.341 e. The summed E-state index contributed by atoms with van der Waals surface area (Å²) < 4.78 is 7.03. The quantitative estimate of drug-likeness (QED) is 0.801. The molecule has 0 fully saturated rings. The summed E-state index contributed by atoms with van der Waals surface area (Å²) in [6.45, 7) is 4.07. The lowest BCUT2D eigenvalue weighted by molar-refractivity contribution is 0.268. The fourth-order valence-electron chi connectivity index (χ4n) is 2.80. The minimum atomic E-state index is -0.340. The molecule has 3 aromatic rings. The molecule has 0 radical (unpaired) electrons. The second-order valence-corrected chi connectivity index (χ2v) is 5.37. The van der Waals surface area contributed by atoms with Gasteiger partial charge in [-0.3, -0.25) is 0 Å². The second kappa shape index (κ2) is 5.77. The Morgan fingerprint density at radius 2 is 1.95 bits per heavy atom. The molecule has 0 atom stereocenters. The molecule has 1 N–H and O–H groups in total. The standard InChI is InChI=1S/C17H18N2O3/c1-11-14(10-13-6-4-3-5-7-13)17(21)22-16-15(11)12(2)18-19(16)8-9-20/h3-7,20H,8-10H2,1-2H3. The average Bonchev–Trinajstić information content (AvgIpc) is 2.81. The van der Waals surface area contributed by atoms with Crippen molar-refractivity contribution in [1.82, 2.24) is 9.78 Å². The summed E-state index contributed by atoms with van der Waals surface area (Å²) in [5.41, 5.74) is 3.53.